The maximum atomic E-state index is 12.2. The van der Waals surface area contributed by atoms with Gasteiger partial charge in [0.25, 0.3) is 0 Å². The summed E-state index contributed by atoms with van der Waals surface area (Å²) in [6.45, 7) is 0. The van der Waals surface area contributed by atoms with E-state index < -0.39 is 0 Å². The van der Waals surface area contributed by atoms with Crippen molar-refractivity contribution in [3.05, 3.63) is 77.2 Å². The Balaban J connectivity index is 1.58. The fourth-order valence-electron chi connectivity index (χ4n) is 2.67. The first kappa shape index (κ1) is 18.5. The molecule has 138 valence electrons. The molecule has 0 N–H and O–H groups in total. The second kappa shape index (κ2) is 8.86. The molecular weight excluding hydrogens is 388 g/mol. The summed E-state index contributed by atoms with van der Waals surface area (Å²) in [5.74, 6) is 0.386. The molecule has 2 aromatic carbocycles. The Kier molecular flexibility index (Phi) is 5.84. The molecule has 2 heterocycles. The largest absolute Gasteiger partial charge is 0.298 e. The molecule has 0 saturated carbocycles. The average molecular weight is 405 g/mol. The van der Waals surface area contributed by atoms with Gasteiger partial charge in [-0.2, -0.15) is 0 Å². The Hall–Kier alpha value is -2.90. The molecule has 0 unspecified atom stereocenters. The number of ketones is 1. The molecule has 0 saturated heterocycles. The maximum absolute atomic E-state index is 12.2. The predicted molar refractivity (Wildman–Crippen MR) is 112 cm³/mol. The van der Waals surface area contributed by atoms with Crippen LogP contribution >= 0.6 is 23.1 Å². The normalized spacial score (nSPS) is 10.7. The highest BCUT2D eigenvalue weighted by atomic mass is 32.2. The molecule has 28 heavy (non-hydrogen) atoms. The summed E-state index contributed by atoms with van der Waals surface area (Å²) in [6, 6.07) is 19.8. The van der Waals surface area contributed by atoms with Crippen LogP contribution in [0.15, 0.2) is 77.4 Å². The number of hydrogen-bond donors (Lipinski definition) is 0. The van der Waals surface area contributed by atoms with Crippen LogP contribution < -0.4 is 0 Å². The van der Waals surface area contributed by atoms with Gasteiger partial charge in [-0.3, -0.25) is 4.79 Å². The summed E-state index contributed by atoms with van der Waals surface area (Å²) in [4.78, 5) is 21.1. The lowest BCUT2D eigenvalue weighted by molar-refractivity contribution is -0.116. The number of aromatic nitrogens is 4. The third-order valence-corrected chi connectivity index (χ3v) is 5.63. The Morgan fingerprint density at radius 3 is 2.21 bits per heavy atom. The Morgan fingerprint density at radius 2 is 1.57 bits per heavy atom. The second-order valence-corrected chi connectivity index (χ2v) is 7.88. The smallest absolute Gasteiger partial charge is 0.210 e. The van der Waals surface area contributed by atoms with Crippen molar-refractivity contribution in [3.63, 3.8) is 0 Å². The van der Waals surface area contributed by atoms with E-state index in [1.165, 1.54) is 23.1 Å². The maximum Gasteiger partial charge on any atom is 0.210 e. The van der Waals surface area contributed by atoms with Crippen molar-refractivity contribution in [1.29, 1.82) is 0 Å². The molecule has 5 nitrogen and oxygen atoms in total. The number of Topliss-reactive ketones (excluding diaryl/α,β-unsaturated/α-hetero) is 1. The van der Waals surface area contributed by atoms with Crippen molar-refractivity contribution in [2.24, 2.45) is 0 Å². The number of carbonyl (C=O) groups excluding carboxylic acids is 1. The minimum Gasteiger partial charge on any atom is -0.298 e. The summed E-state index contributed by atoms with van der Waals surface area (Å²) in [5, 5.41) is 11.9. The molecular formula is C21H16N4OS2. The van der Waals surface area contributed by atoms with E-state index in [0.717, 1.165) is 27.5 Å². The first-order chi connectivity index (χ1) is 13.8. The van der Waals surface area contributed by atoms with Gasteiger partial charge >= 0.3 is 0 Å². The van der Waals surface area contributed by atoms with Gasteiger partial charge in [-0.25, -0.2) is 9.97 Å². The van der Waals surface area contributed by atoms with Crippen molar-refractivity contribution in [3.8, 4) is 22.5 Å². The summed E-state index contributed by atoms with van der Waals surface area (Å²) >= 11 is 2.79. The second-order valence-electron chi connectivity index (χ2n) is 5.95. The van der Waals surface area contributed by atoms with E-state index in [1.807, 2.05) is 66.0 Å². The first-order valence-electron chi connectivity index (χ1n) is 8.68. The number of rotatable bonds is 7. The lowest BCUT2D eigenvalue weighted by Crippen LogP contribution is -2.07. The summed E-state index contributed by atoms with van der Waals surface area (Å²) in [6.07, 6.45) is 2.05. The van der Waals surface area contributed by atoms with E-state index in [1.54, 1.807) is 6.20 Å². The predicted octanol–water partition coefficient (Wildman–Crippen LogP) is 4.57. The zero-order chi connectivity index (χ0) is 19.2. The van der Waals surface area contributed by atoms with E-state index in [-0.39, 0.29) is 5.78 Å². The Morgan fingerprint density at radius 1 is 0.893 bits per heavy atom. The zero-order valence-electron chi connectivity index (χ0n) is 14.9. The number of nitrogens with zero attached hydrogens (tertiary/aromatic N) is 4. The van der Waals surface area contributed by atoms with Crippen molar-refractivity contribution in [2.75, 3.05) is 5.75 Å². The van der Waals surface area contributed by atoms with Gasteiger partial charge in [0.2, 0.25) is 5.16 Å². The van der Waals surface area contributed by atoms with Crippen LogP contribution in [0, 0.1) is 0 Å². The quantitative estimate of drug-likeness (QED) is 0.421. The lowest BCUT2D eigenvalue weighted by atomic mass is 10.0. The van der Waals surface area contributed by atoms with Crippen LogP contribution in [0.25, 0.3) is 22.5 Å². The molecule has 7 heteroatoms. The van der Waals surface area contributed by atoms with Crippen molar-refractivity contribution in [2.45, 2.75) is 11.6 Å². The third-order valence-electron chi connectivity index (χ3n) is 3.96. The van der Waals surface area contributed by atoms with Gasteiger partial charge in [-0.1, -0.05) is 72.4 Å². The standard InChI is InChI=1S/C21H16N4OS2/c26-17(13-18-22-11-12-27-18)14-28-21-23-19(15-7-3-1-4-8-15)20(24-25-21)16-9-5-2-6-10-16/h1-12H,13-14H2. The SMILES string of the molecule is O=C(CSc1nnc(-c2ccccc2)c(-c2ccccc2)n1)Cc1nccs1. The molecule has 0 atom stereocenters. The van der Waals surface area contributed by atoms with Gasteiger partial charge < -0.3 is 0 Å². The number of benzene rings is 2. The van der Waals surface area contributed by atoms with E-state index in [0.29, 0.717) is 17.3 Å². The highest BCUT2D eigenvalue weighted by Gasteiger charge is 2.15. The molecule has 0 radical (unpaired) electrons. The van der Waals surface area contributed by atoms with E-state index in [4.69, 9.17) is 4.98 Å². The molecule has 4 aromatic rings. The molecule has 0 amide bonds. The number of carbonyl (C=O) groups is 1. The summed E-state index contributed by atoms with van der Waals surface area (Å²) in [5.41, 5.74) is 3.41. The number of thiazole rings is 1. The number of hydrogen-bond acceptors (Lipinski definition) is 7. The first-order valence-corrected chi connectivity index (χ1v) is 10.5. The molecule has 0 fully saturated rings. The van der Waals surface area contributed by atoms with E-state index >= 15 is 0 Å². The molecule has 0 bridgehead atoms. The topological polar surface area (TPSA) is 68.6 Å². The van der Waals surface area contributed by atoms with Gasteiger partial charge in [-0.05, 0) is 0 Å². The molecule has 0 spiro atoms. The third kappa shape index (κ3) is 4.49. The minimum absolute atomic E-state index is 0.0944. The molecule has 2 aromatic heterocycles. The van der Waals surface area contributed by atoms with Crippen molar-refractivity contribution < 1.29 is 4.79 Å². The van der Waals surface area contributed by atoms with Crippen LogP contribution in [0.1, 0.15) is 5.01 Å². The van der Waals surface area contributed by atoms with Gasteiger partial charge in [0.05, 0.1) is 17.2 Å². The van der Waals surface area contributed by atoms with Gasteiger partial charge in [0, 0.05) is 22.7 Å². The van der Waals surface area contributed by atoms with Gasteiger partial charge in [-0.15, -0.1) is 21.5 Å². The van der Waals surface area contributed by atoms with Crippen LogP contribution in [0.3, 0.4) is 0 Å². The minimum atomic E-state index is 0.0944. The van der Waals surface area contributed by atoms with Crippen LogP contribution in [-0.2, 0) is 11.2 Å². The zero-order valence-corrected chi connectivity index (χ0v) is 16.5. The highest BCUT2D eigenvalue weighted by Crippen LogP contribution is 2.29. The lowest BCUT2D eigenvalue weighted by Gasteiger charge is -2.09. The fourth-order valence-corrected chi connectivity index (χ4v) is 3.96. The Bertz CT molecular complexity index is 1050. The average Bonchev–Trinajstić information content (AvgIpc) is 3.26. The van der Waals surface area contributed by atoms with Gasteiger partial charge in [0.1, 0.15) is 17.2 Å². The molecule has 4 rings (SSSR count). The van der Waals surface area contributed by atoms with Crippen molar-refractivity contribution >= 4 is 28.9 Å². The van der Waals surface area contributed by atoms with E-state index in [2.05, 4.69) is 15.2 Å². The highest BCUT2D eigenvalue weighted by molar-refractivity contribution is 7.99. The summed E-state index contributed by atoms with van der Waals surface area (Å²) < 4.78 is 0. The van der Waals surface area contributed by atoms with Crippen LogP contribution in [-0.4, -0.2) is 31.7 Å². The molecule has 0 aliphatic rings. The van der Waals surface area contributed by atoms with E-state index in [9.17, 15) is 4.79 Å². The molecule has 0 aliphatic heterocycles. The van der Waals surface area contributed by atoms with Crippen molar-refractivity contribution in [1.82, 2.24) is 20.2 Å². The summed E-state index contributed by atoms with van der Waals surface area (Å²) in [7, 11) is 0. The van der Waals surface area contributed by atoms with Crippen LogP contribution in [0.4, 0.5) is 0 Å². The Labute approximate surface area is 170 Å². The monoisotopic (exact) mass is 404 g/mol. The van der Waals surface area contributed by atoms with Crippen LogP contribution in [0.2, 0.25) is 0 Å². The fraction of sp³-hybridized carbons (Fsp3) is 0.0952. The molecule has 0 aliphatic carbocycles. The number of thioether (sulfide) groups is 1. The van der Waals surface area contributed by atoms with Gasteiger partial charge in [0.15, 0.2) is 0 Å². The van der Waals surface area contributed by atoms with Crippen LogP contribution in [0.5, 0.6) is 0 Å².